The Labute approximate surface area is 112 Å². The standard InChI is InChI=1S/C11H20N2O5S/c1-13(6-2-5-10(14)15)11(16)12-8-9-4-3-7-19(9,17)18/h9H,2-8H2,1H3,(H,12,16)(H,14,15). The highest BCUT2D eigenvalue weighted by Gasteiger charge is 2.31. The van der Waals surface area contributed by atoms with E-state index >= 15 is 0 Å². The number of carbonyl (C=O) groups excluding carboxylic acids is 1. The van der Waals surface area contributed by atoms with E-state index in [4.69, 9.17) is 5.11 Å². The van der Waals surface area contributed by atoms with Gasteiger partial charge in [0.25, 0.3) is 0 Å². The number of aliphatic carboxylic acids is 1. The molecule has 0 spiro atoms. The van der Waals surface area contributed by atoms with Crippen molar-refractivity contribution in [2.24, 2.45) is 0 Å². The van der Waals surface area contributed by atoms with Gasteiger partial charge in [-0.25, -0.2) is 13.2 Å². The summed E-state index contributed by atoms with van der Waals surface area (Å²) in [5.41, 5.74) is 0. The maximum Gasteiger partial charge on any atom is 0.317 e. The summed E-state index contributed by atoms with van der Waals surface area (Å²) >= 11 is 0. The van der Waals surface area contributed by atoms with Crippen LogP contribution in [0, 0.1) is 0 Å². The molecule has 19 heavy (non-hydrogen) atoms. The van der Waals surface area contributed by atoms with Crippen LogP contribution in [0.2, 0.25) is 0 Å². The number of sulfone groups is 1. The second kappa shape index (κ2) is 6.74. The number of hydrogen-bond acceptors (Lipinski definition) is 4. The van der Waals surface area contributed by atoms with E-state index in [2.05, 4.69) is 5.32 Å². The lowest BCUT2D eigenvalue weighted by atomic mass is 10.2. The van der Waals surface area contributed by atoms with Gasteiger partial charge in [0.15, 0.2) is 9.84 Å². The number of carboxylic acid groups (broad SMARTS) is 1. The summed E-state index contributed by atoms with van der Waals surface area (Å²) in [7, 11) is -1.49. The van der Waals surface area contributed by atoms with E-state index in [1.54, 1.807) is 7.05 Å². The first-order chi connectivity index (χ1) is 8.83. The van der Waals surface area contributed by atoms with Gasteiger partial charge in [-0.1, -0.05) is 0 Å². The molecule has 1 aliphatic heterocycles. The second-order valence-corrected chi connectivity index (χ2v) is 7.14. The van der Waals surface area contributed by atoms with Crippen molar-refractivity contribution >= 4 is 21.8 Å². The Hall–Kier alpha value is -1.31. The van der Waals surface area contributed by atoms with E-state index in [1.807, 2.05) is 0 Å². The molecule has 1 saturated heterocycles. The van der Waals surface area contributed by atoms with Crippen molar-refractivity contribution in [3.8, 4) is 0 Å². The van der Waals surface area contributed by atoms with E-state index in [1.165, 1.54) is 4.90 Å². The van der Waals surface area contributed by atoms with Gasteiger partial charge in [-0.3, -0.25) is 4.79 Å². The van der Waals surface area contributed by atoms with E-state index in [0.717, 1.165) is 0 Å². The first-order valence-electron chi connectivity index (χ1n) is 6.25. The van der Waals surface area contributed by atoms with Crippen molar-refractivity contribution in [2.75, 3.05) is 25.9 Å². The van der Waals surface area contributed by atoms with Gasteiger partial charge in [0.2, 0.25) is 0 Å². The Balaban J connectivity index is 2.29. The van der Waals surface area contributed by atoms with Crippen molar-refractivity contribution in [3.05, 3.63) is 0 Å². The molecule has 0 aromatic carbocycles. The summed E-state index contributed by atoms with van der Waals surface area (Å²) in [5, 5.41) is 10.6. The van der Waals surface area contributed by atoms with Gasteiger partial charge in [0.05, 0.1) is 11.0 Å². The third kappa shape index (κ3) is 5.06. The molecule has 1 atom stereocenters. The number of rotatable bonds is 6. The highest BCUT2D eigenvalue weighted by molar-refractivity contribution is 7.92. The number of nitrogens with zero attached hydrogens (tertiary/aromatic N) is 1. The zero-order chi connectivity index (χ0) is 14.5. The monoisotopic (exact) mass is 292 g/mol. The normalized spacial score (nSPS) is 21.0. The molecule has 0 aromatic rings. The maximum atomic E-state index is 11.7. The number of carboxylic acids is 1. The van der Waals surface area contributed by atoms with Gasteiger partial charge >= 0.3 is 12.0 Å². The molecule has 1 fully saturated rings. The maximum absolute atomic E-state index is 11.7. The van der Waals surface area contributed by atoms with Crippen molar-refractivity contribution in [2.45, 2.75) is 30.9 Å². The fraction of sp³-hybridized carbons (Fsp3) is 0.818. The van der Waals surface area contributed by atoms with Crippen molar-refractivity contribution in [1.29, 1.82) is 0 Å². The number of hydrogen-bond donors (Lipinski definition) is 2. The Kier molecular flexibility index (Phi) is 5.59. The molecule has 1 rings (SSSR count). The lowest BCUT2D eigenvalue weighted by Crippen LogP contribution is -2.42. The van der Waals surface area contributed by atoms with Crippen molar-refractivity contribution < 1.29 is 23.1 Å². The SMILES string of the molecule is CN(CCCC(=O)O)C(=O)NCC1CCCS1(=O)=O. The molecule has 0 bridgehead atoms. The molecule has 0 saturated carbocycles. The van der Waals surface area contributed by atoms with Crippen LogP contribution in [-0.2, 0) is 14.6 Å². The number of carbonyl (C=O) groups is 2. The zero-order valence-electron chi connectivity index (χ0n) is 11.0. The van der Waals surface area contributed by atoms with Crippen LogP contribution in [-0.4, -0.2) is 61.6 Å². The predicted molar refractivity (Wildman–Crippen MR) is 69.7 cm³/mol. The lowest BCUT2D eigenvalue weighted by molar-refractivity contribution is -0.137. The van der Waals surface area contributed by atoms with E-state index in [-0.39, 0.29) is 24.7 Å². The summed E-state index contributed by atoms with van der Waals surface area (Å²) in [6, 6.07) is -0.368. The molecule has 2 amide bonds. The Morgan fingerprint density at radius 1 is 1.42 bits per heavy atom. The quantitative estimate of drug-likeness (QED) is 0.721. The van der Waals surface area contributed by atoms with Crippen LogP contribution in [0.3, 0.4) is 0 Å². The van der Waals surface area contributed by atoms with Crippen LogP contribution in [0.5, 0.6) is 0 Å². The van der Waals surface area contributed by atoms with Crippen LogP contribution >= 0.6 is 0 Å². The highest BCUT2D eigenvalue weighted by Crippen LogP contribution is 2.18. The third-order valence-corrected chi connectivity index (χ3v) is 5.45. The summed E-state index contributed by atoms with van der Waals surface area (Å²) < 4.78 is 23.1. The van der Waals surface area contributed by atoms with Crippen LogP contribution in [0.1, 0.15) is 25.7 Å². The Bertz CT molecular complexity index is 434. The average molecular weight is 292 g/mol. The van der Waals surface area contributed by atoms with Crippen LogP contribution < -0.4 is 5.32 Å². The Morgan fingerprint density at radius 3 is 2.63 bits per heavy atom. The summed E-state index contributed by atoms with van der Waals surface area (Å²) in [6.45, 7) is 0.458. The minimum Gasteiger partial charge on any atom is -0.481 e. The molecule has 0 radical (unpaired) electrons. The number of amides is 2. The van der Waals surface area contributed by atoms with Gasteiger partial charge in [0.1, 0.15) is 0 Å². The first-order valence-corrected chi connectivity index (χ1v) is 7.97. The smallest absolute Gasteiger partial charge is 0.317 e. The molecular formula is C11H20N2O5S. The predicted octanol–water partition coefficient (Wildman–Crippen LogP) is 0.0698. The topological polar surface area (TPSA) is 104 Å². The van der Waals surface area contributed by atoms with E-state index in [9.17, 15) is 18.0 Å². The molecule has 1 unspecified atom stereocenters. The molecular weight excluding hydrogens is 272 g/mol. The summed E-state index contributed by atoms with van der Waals surface area (Å²) in [5.74, 6) is -0.701. The van der Waals surface area contributed by atoms with Gasteiger partial charge in [-0.2, -0.15) is 0 Å². The highest BCUT2D eigenvalue weighted by atomic mass is 32.2. The number of nitrogens with one attached hydrogen (secondary N) is 1. The fourth-order valence-electron chi connectivity index (χ4n) is 1.99. The molecule has 0 aromatic heterocycles. The second-order valence-electron chi connectivity index (χ2n) is 4.74. The van der Waals surface area contributed by atoms with E-state index in [0.29, 0.717) is 25.8 Å². The third-order valence-electron chi connectivity index (χ3n) is 3.17. The lowest BCUT2D eigenvalue weighted by Gasteiger charge is -2.19. The molecule has 0 aliphatic carbocycles. The minimum absolute atomic E-state index is 0.00856. The van der Waals surface area contributed by atoms with Crippen molar-refractivity contribution in [1.82, 2.24) is 10.2 Å². The summed E-state index contributed by atoms with van der Waals surface area (Å²) in [6.07, 6.45) is 1.62. The minimum atomic E-state index is -3.05. The van der Waals surface area contributed by atoms with Crippen molar-refractivity contribution in [3.63, 3.8) is 0 Å². The molecule has 7 nitrogen and oxygen atoms in total. The fourth-order valence-corrected chi connectivity index (χ4v) is 3.76. The average Bonchev–Trinajstić information content (AvgIpc) is 2.64. The first kappa shape index (κ1) is 15.7. The molecule has 1 aliphatic rings. The number of urea groups is 1. The van der Waals surface area contributed by atoms with Gasteiger partial charge in [0, 0.05) is 26.6 Å². The zero-order valence-corrected chi connectivity index (χ0v) is 11.8. The van der Waals surface area contributed by atoms with E-state index < -0.39 is 21.1 Å². The molecule has 1 heterocycles. The summed E-state index contributed by atoms with van der Waals surface area (Å²) in [4.78, 5) is 23.4. The van der Waals surface area contributed by atoms with Crippen LogP contribution in [0.25, 0.3) is 0 Å². The molecule has 110 valence electrons. The van der Waals surface area contributed by atoms with Crippen LogP contribution in [0.4, 0.5) is 4.79 Å². The molecule has 2 N–H and O–H groups in total. The van der Waals surface area contributed by atoms with Gasteiger partial charge < -0.3 is 15.3 Å². The van der Waals surface area contributed by atoms with Gasteiger partial charge in [-0.05, 0) is 19.3 Å². The Morgan fingerprint density at radius 2 is 2.11 bits per heavy atom. The molecule has 8 heteroatoms. The van der Waals surface area contributed by atoms with Crippen LogP contribution in [0.15, 0.2) is 0 Å². The largest absolute Gasteiger partial charge is 0.481 e. The van der Waals surface area contributed by atoms with Gasteiger partial charge in [-0.15, -0.1) is 0 Å².